The van der Waals surface area contributed by atoms with E-state index in [1.807, 2.05) is 18.9 Å². The van der Waals surface area contributed by atoms with Crippen molar-refractivity contribution >= 4 is 17.3 Å². The van der Waals surface area contributed by atoms with Crippen LogP contribution < -0.4 is 4.90 Å². The molecule has 0 saturated carbocycles. The highest BCUT2D eigenvalue weighted by Gasteiger charge is 2.19. The smallest absolute Gasteiger partial charge is 0.129 e. The van der Waals surface area contributed by atoms with E-state index in [9.17, 15) is 8.78 Å². The first-order valence-corrected chi connectivity index (χ1v) is 6.90. The van der Waals surface area contributed by atoms with Crippen molar-refractivity contribution in [2.24, 2.45) is 0 Å². The molecule has 0 saturated heterocycles. The third kappa shape index (κ3) is 2.78. The lowest BCUT2D eigenvalue weighted by molar-refractivity contribution is 0.583. The monoisotopic (exact) mass is 295 g/mol. The van der Waals surface area contributed by atoms with Gasteiger partial charge in [-0.15, -0.1) is 11.6 Å². The van der Waals surface area contributed by atoms with Gasteiger partial charge in [-0.05, 0) is 25.1 Å². The Labute approximate surface area is 122 Å². The van der Waals surface area contributed by atoms with Crippen LogP contribution in [0.15, 0.2) is 42.5 Å². The molecule has 20 heavy (non-hydrogen) atoms. The molecule has 0 aliphatic heterocycles. The fourth-order valence-electron chi connectivity index (χ4n) is 2.24. The number of halogens is 3. The van der Waals surface area contributed by atoms with Crippen molar-refractivity contribution in [3.8, 4) is 0 Å². The van der Waals surface area contributed by atoms with Gasteiger partial charge in [-0.25, -0.2) is 8.78 Å². The van der Waals surface area contributed by atoms with Gasteiger partial charge in [0.2, 0.25) is 0 Å². The van der Waals surface area contributed by atoms with Gasteiger partial charge in [-0.3, -0.25) is 0 Å². The molecule has 4 heteroatoms. The predicted molar refractivity (Wildman–Crippen MR) is 79.2 cm³/mol. The SMILES string of the molecule is CC(c1ccccc1F)N(C)c1cccc(F)c1CCl. The maximum Gasteiger partial charge on any atom is 0.129 e. The Morgan fingerprint density at radius 1 is 1.05 bits per heavy atom. The average molecular weight is 296 g/mol. The van der Waals surface area contributed by atoms with Gasteiger partial charge in [0, 0.05) is 23.9 Å². The third-order valence-corrected chi connectivity index (χ3v) is 3.81. The van der Waals surface area contributed by atoms with Crippen molar-refractivity contribution in [1.29, 1.82) is 0 Å². The first-order chi connectivity index (χ1) is 9.56. The summed E-state index contributed by atoms with van der Waals surface area (Å²) in [5.41, 5.74) is 1.68. The van der Waals surface area contributed by atoms with E-state index in [1.165, 1.54) is 12.1 Å². The highest BCUT2D eigenvalue weighted by atomic mass is 35.5. The minimum Gasteiger partial charge on any atom is -0.367 e. The molecule has 0 aliphatic rings. The largest absolute Gasteiger partial charge is 0.367 e. The Kier molecular flexibility index (Phi) is 4.61. The van der Waals surface area contributed by atoms with E-state index in [1.54, 1.807) is 30.3 Å². The van der Waals surface area contributed by atoms with Gasteiger partial charge in [-0.2, -0.15) is 0 Å². The standard InChI is InChI=1S/C16H16ClF2N/c1-11(12-6-3-4-7-14(12)18)20(2)16-9-5-8-15(19)13(16)10-17/h3-9,11H,10H2,1-2H3. The van der Waals surface area contributed by atoms with Gasteiger partial charge >= 0.3 is 0 Å². The fraction of sp³-hybridized carbons (Fsp3) is 0.250. The second-order valence-corrected chi connectivity index (χ2v) is 4.95. The molecule has 2 aromatic rings. The minimum absolute atomic E-state index is 0.0797. The van der Waals surface area contributed by atoms with Crippen molar-refractivity contribution in [1.82, 2.24) is 0 Å². The van der Waals surface area contributed by atoms with Crippen LogP contribution >= 0.6 is 11.6 Å². The van der Waals surface area contributed by atoms with Crippen LogP contribution in [-0.2, 0) is 5.88 Å². The Balaban J connectivity index is 2.39. The van der Waals surface area contributed by atoms with Gasteiger partial charge < -0.3 is 4.90 Å². The lowest BCUT2D eigenvalue weighted by Gasteiger charge is -2.29. The van der Waals surface area contributed by atoms with Gasteiger partial charge in [0.1, 0.15) is 11.6 Å². The predicted octanol–water partition coefficient (Wildman–Crippen LogP) is 4.90. The first-order valence-electron chi connectivity index (χ1n) is 6.37. The number of alkyl halides is 1. The number of hydrogen-bond donors (Lipinski definition) is 0. The normalized spacial score (nSPS) is 12.2. The second-order valence-electron chi connectivity index (χ2n) is 4.68. The number of hydrogen-bond acceptors (Lipinski definition) is 1. The number of anilines is 1. The summed E-state index contributed by atoms with van der Waals surface area (Å²) >= 11 is 5.82. The highest BCUT2D eigenvalue weighted by Crippen LogP contribution is 2.31. The maximum atomic E-state index is 13.9. The summed E-state index contributed by atoms with van der Waals surface area (Å²) in [4.78, 5) is 1.83. The zero-order valence-corrected chi connectivity index (χ0v) is 12.2. The van der Waals surface area contributed by atoms with Crippen molar-refractivity contribution in [2.45, 2.75) is 18.8 Å². The zero-order valence-electron chi connectivity index (χ0n) is 11.4. The van der Waals surface area contributed by atoms with E-state index in [0.29, 0.717) is 16.8 Å². The lowest BCUT2D eigenvalue weighted by Crippen LogP contribution is -2.23. The van der Waals surface area contributed by atoms with Gasteiger partial charge in [-0.1, -0.05) is 24.3 Å². The zero-order chi connectivity index (χ0) is 14.7. The molecule has 0 spiro atoms. The van der Waals surface area contributed by atoms with Crippen LogP contribution in [0.2, 0.25) is 0 Å². The average Bonchev–Trinajstić information content (AvgIpc) is 2.46. The topological polar surface area (TPSA) is 3.24 Å². The molecule has 0 amide bonds. The first kappa shape index (κ1) is 14.8. The summed E-state index contributed by atoms with van der Waals surface area (Å²) in [5, 5.41) is 0. The minimum atomic E-state index is -0.343. The summed E-state index contributed by atoms with van der Waals surface area (Å²) in [7, 11) is 1.81. The van der Waals surface area contributed by atoms with E-state index in [2.05, 4.69) is 0 Å². The molecule has 1 atom stereocenters. The third-order valence-electron chi connectivity index (χ3n) is 3.54. The molecule has 0 bridgehead atoms. The molecule has 0 heterocycles. The molecule has 2 aromatic carbocycles. The van der Waals surface area contributed by atoms with E-state index >= 15 is 0 Å². The molecule has 1 nitrogen and oxygen atoms in total. The molecule has 106 valence electrons. The molecule has 0 radical (unpaired) electrons. The Bertz CT molecular complexity index is 601. The van der Waals surface area contributed by atoms with E-state index < -0.39 is 0 Å². The molecular formula is C16H16ClF2N. The van der Waals surface area contributed by atoms with E-state index in [4.69, 9.17) is 11.6 Å². The van der Waals surface area contributed by atoms with Crippen LogP contribution in [0.1, 0.15) is 24.1 Å². The Hall–Kier alpha value is -1.61. The summed E-state index contributed by atoms with van der Waals surface area (Å²) in [6, 6.07) is 11.2. The summed E-state index contributed by atoms with van der Waals surface area (Å²) in [6.07, 6.45) is 0. The highest BCUT2D eigenvalue weighted by molar-refractivity contribution is 6.17. The molecule has 0 aromatic heterocycles. The molecule has 0 N–H and O–H groups in total. The van der Waals surface area contributed by atoms with Crippen molar-refractivity contribution in [2.75, 3.05) is 11.9 Å². The summed E-state index contributed by atoms with van der Waals surface area (Å²) < 4.78 is 27.6. The second kappa shape index (κ2) is 6.23. The van der Waals surface area contributed by atoms with Crippen LogP contribution in [0.5, 0.6) is 0 Å². The lowest BCUT2D eigenvalue weighted by atomic mass is 10.0. The van der Waals surface area contributed by atoms with Gasteiger partial charge in [0.15, 0.2) is 0 Å². The van der Waals surface area contributed by atoms with Crippen LogP contribution in [0.4, 0.5) is 14.5 Å². The Morgan fingerprint density at radius 3 is 2.35 bits per heavy atom. The number of nitrogens with zero attached hydrogens (tertiary/aromatic N) is 1. The van der Waals surface area contributed by atoms with E-state index in [0.717, 1.165) is 0 Å². The molecule has 0 aliphatic carbocycles. The van der Waals surface area contributed by atoms with Crippen molar-refractivity contribution < 1.29 is 8.78 Å². The summed E-state index contributed by atoms with van der Waals surface area (Å²) in [6.45, 7) is 1.88. The van der Waals surface area contributed by atoms with Crippen LogP contribution in [0, 0.1) is 11.6 Å². The fourth-order valence-corrected chi connectivity index (χ4v) is 2.51. The Morgan fingerprint density at radius 2 is 1.70 bits per heavy atom. The van der Waals surface area contributed by atoms with Crippen LogP contribution in [-0.4, -0.2) is 7.05 Å². The molecular weight excluding hydrogens is 280 g/mol. The number of rotatable bonds is 4. The molecule has 2 rings (SSSR count). The van der Waals surface area contributed by atoms with Gasteiger partial charge in [0.05, 0.1) is 11.9 Å². The van der Waals surface area contributed by atoms with E-state index in [-0.39, 0.29) is 23.6 Å². The molecule has 0 fully saturated rings. The van der Waals surface area contributed by atoms with Crippen molar-refractivity contribution in [3.05, 3.63) is 65.2 Å². The maximum absolute atomic E-state index is 13.9. The van der Waals surface area contributed by atoms with Crippen LogP contribution in [0.25, 0.3) is 0 Å². The quantitative estimate of drug-likeness (QED) is 0.725. The number of benzene rings is 2. The molecule has 1 unspecified atom stereocenters. The van der Waals surface area contributed by atoms with Crippen molar-refractivity contribution in [3.63, 3.8) is 0 Å². The van der Waals surface area contributed by atoms with Crippen LogP contribution in [0.3, 0.4) is 0 Å². The van der Waals surface area contributed by atoms with Gasteiger partial charge in [0.25, 0.3) is 0 Å². The summed E-state index contributed by atoms with van der Waals surface area (Å²) in [5.74, 6) is -0.531.